The zero-order chi connectivity index (χ0) is 17.6. The summed E-state index contributed by atoms with van der Waals surface area (Å²) in [5, 5.41) is 4.39. The minimum Gasteiger partial charge on any atom is -0.348 e. The van der Waals surface area contributed by atoms with Crippen molar-refractivity contribution in [3.05, 3.63) is 29.6 Å². The third-order valence-electron chi connectivity index (χ3n) is 5.91. The third-order valence-corrected chi connectivity index (χ3v) is 5.91. The Labute approximate surface area is 150 Å². The lowest BCUT2D eigenvalue weighted by atomic mass is 10.1. The van der Waals surface area contributed by atoms with Crippen LogP contribution in [0.3, 0.4) is 0 Å². The molecule has 4 heteroatoms. The number of amides is 1. The van der Waals surface area contributed by atoms with Gasteiger partial charge in [0.2, 0.25) is 5.91 Å². The van der Waals surface area contributed by atoms with Crippen molar-refractivity contribution < 1.29 is 4.79 Å². The maximum atomic E-state index is 12.5. The fraction of sp³-hybridized carbons (Fsp3) is 0.619. The van der Waals surface area contributed by atoms with E-state index in [1.807, 2.05) is 6.92 Å². The van der Waals surface area contributed by atoms with E-state index in [4.69, 9.17) is 4.98 Å². The number of carbonyl (C=O) groups is 1. The summed E-state index contributed by atoms with van der Waals surface area (Å²) in [5.41, 5.74) is 3.40. The Bertz CT molecular complexity index is 792. The summed E-state index contributed by atoms with van der Waals surface area (Å²) >= 11 is 0. The molecule has 4 nitrogen and oxygen atoms in total. The summed E-state index contributed by atoms with van der Waals surface area (Å²) < 4.78 is 2.41. The topological polar surface area (TPSA) is 46.9 Å². The monoisotopic (exact) mass is 339 g/mol. The largest absolute Gasteiger partial charge is 0.348 e. The first-order valence-corrected chi connectivity index (χ1v) is 9.85. The molecule has 1 fully saturated rings. The van der Waals surface area contributed by atoms with Crippen LogP contribution >= 0.6 is 0 Å². The highest BCUT2D eigenvalue weighted by Crippen LogP contribution is 2.43. The van der Waals surface area contributed by atoms with Gasteiger partial charge < -0.3 is 9.88 Å². The second-order valence-corrected chi connectivity index (χ2v) is 8.21. The fourth-order valence-electron chi connectivity index (χ4n) is 4.25. The molecule has 0 spiro atoms. The van der Waals surface area contributed by atoms with Crippen molar-refractivity contribution in [3.63, 3.8) is 0 Å². The lowest BCUT2D eigenvalue weighted by molar-refractivity contribution is -0.123. The van der Waals surface area contributed by atoms with Crippen molar-refractivity contribution in [2.45, 2.75) is 71.4 Å². The molecule has 1 saturated carbocycles. The van der Waals surface area contributed by atoms with Crippen LogP contribution in [-0.4, -0.2) is 15.5 Å². The van der Waals surface area contributed by atoms with Gasteiger partial charge in [0.25, 0.3) is 0 Å². The van der Waals surface area contributed by atoms with Gasteiger partial charge in [0.1, 0.15) is 5.65 Å². The molecule has 3 unspecified atom stereocenters. The number of nitrogens with one attached hydrogen (secondary N) is 1. The summed E-state index contributed by atoms with van der Waals surface area (Å²) in [7, 11) is 0. The predicted molar refractivity (Wildman–Crippen MR) is 100 cm³/mol. The molecule has 0 saturated heterocycles. The highest BCUT2D eigenvalue weighted by atomic mass is 16.2. The van der Waals surface area contributed by atoms with Gasteiger partial charge in [-0.25, -0.2) is 4.98 Å². The molecule has 2 aromatic rings. The molecule has 2 aliphatic rings. The normalized spacial score (nSPS) is 27.2. The van der Waals surface area contributed by atoms with Crippen LogP contribution in [0.5, 0.6) is 0 Å². The third kappa shape index (κ3) is 3.19. The zero-order valence-corrected chi connectivity index (χ0v) is 15.6. The number of hydrogen-bond donors (Lipinski definition) is 1. The van der Waals surface area contributed by atoms with Crippen LogP contribution in [-0.2, 0) is 11.3 Å². The van der Waals surface area contributed by atoms with Crippen molar-refractivity contribution in [2.75, 3.05) is 0 Å². The Morgan fingerprint density at radius 2 is 2.08 bits per heavy atom. The maximum absolute atomic E-state index is 12.5. The minimum absolute atomic E-state index is 0.0352. The Hall–Kier alpha value is -1.84. The van der Waals surface area contributed by atoms with Crippen molar-refractivity contribution in [3.8, 4) is 0 Å². The molecule has 0 radical (unpaired) electrons. The Morgan fingerprint density at radius 3 is 2.88 bits per heavy atom. The molecule has 3 atom stereocenters. The summed E-state index contributed by atoms with van der Waals surface area (Å²) in [6.07, 6.45) is 5.93. The summed E-state index contributed by atoms with van der Waals surface area (Å²) in [6, 6.07) is 6.48. The Morgan fingerprint density at radius 1 is 1.24 bits per heavy atom. The van der Waals surface area contributed by atoms with Gasteiger partial charge in [-0.3, -0.25) is 4.79 Å². The summed E-state index contributed by atoms with van der Waals surface area (Å²) in [6.45, 7) is 7.59. The Balaban J connectivity index is 1.72. The van der Waals surface area contributed by atoms with Crippen molar-refractivity contribution in [2.24, 2.45) is 11.8 Å². The van der Waals surface area contributed by atoms with Crippen molar-refractivity contribution in [1.29, 1.82) is 0 Å². The lowest BCUT2D eigenvalue weighted by Crippen LogP contribution is -2.29. The van der Waals surface area contributed by atoms with E-state index in [1.165, 1.54) is 36.8 Å². The van der Waals surface area contributed by atoms with Gasteiger partial charge >= 0.3 is 0 Å². The van der Waals surface area contributed by atoms with Gasteiger partial charge in [0, 0.05) is 23.5 Å². The van der Waals surface area contributed by atoms with Crippen LogP contribution in [0.2, 0.25) is 0 Å². The molecular formula is C21H29N3O. The molecule has 3 heterocycles. The number of nitrogens with zero attached hydrogens (tertiary/aromatic N) is 2. The second-order valence-electron chi connectivity index (χ2n) is 8.21. The molecule has 1 N–H and O–H groups in total. The van der Waals surface area contributed by atoms with E-state index in [2.05, 4.69) is 41.9 Å². The first kappa shape index (κ1) is 16.6. The predicted octanol–water partition coefficient (Wildman–Crippen LogP) is 4.55. The van der Waals surface area contributed by atoms with E-state index in [0.29, 0.717) is 11.8 Å². The zero-order valence-electron chi connectivity index (χ0n) is 15.6. The average molecular weight is 339 g/mol. The highest BCUT2D eigenvalue weighted by molar-refractivity contribution is 5.82. The number of hydrogen-bond acceptors (Lipinski definition) is 2. The molecule has 1 amide bonds. The van der Waals surface area contributed by atoms with Gasteiger partial charge in [-0.05, 0) is 56.2 Å². The molecule has 134 valence electrons. The second kappa shape index (κ2) is 6.47. The first-order valence-electron chi connectivity index (χ1n) is 9.85. The van der Waals surface area contributed by atoms with Crippen molar-refractivity contribution in [1.82, 2.24) is 14.9 Å². The van der Waals surface area contributed by atoms with Crippen LogP contribution in [0.15, 0.2) is 18.2 Å². The maximum Gasteiger partial charge on any atom is 0.223 e. The lowest BCUT2D eigenvalue weighted by Gasteiger charge is -2.16. The standard InChI is InChI=1S/C21H29N3O/c1-13(2)19-12-16-8-9-18-14(3)22-21(25)17-11-15(17)7-5-4-6-10-24(19)20(16)23-18/h8-9,12-15,17H,4-7,10-11H2,1-3H3,(H,22,25). The number of carbonyl (C=O) groups excluding carboxylic acids is 1. The molecule has 2 bridgehead atoms. The first-order chi connectivity index (χ1) is 12.0. The summed E-state index contributed by atoms with van der Waals surface area (Å²) in [4.78, 5) is 17.4. The highest BCUT2D eigenvalue weighted by Gasteiger charge is 2.42. The average Bonchev–Trinajstić information content (AvgIpc) is 3.26. The van der Waals surface area contributed by atoms with Gasteiger partial charge in [0.15, 0.2) is 0 Å². The van der Waals surface area contributed by atoms with Gasteiger partial charge in [-0.1, -0.05) is 26.7 Å². The molecule has 2 aromatic heterocycles. The minimum atomic E-state index is -0.0352. The number of aromatic nitrogens is 2. The molecule has 25 heavy (non-hydrogen) atoms. The van der Waals surface area contributed by atoms with Crippen LogP contribution < -0.4 is 5.32 Å². The van der Waals surface area contributed by atoms with Gasteiger partial charge in [-0.2, -0.15) is 0 Å². The van der Waals surface area contributed by atoms with Crippen LogP contribution in [0.1, 0.15) is 76.2 Å². The summed E-state index contributed by atoms with van der Waals surface area (Å²) in [5.74, 6) is 1.56. The quantitative estimate of drug-likeness (QED) is 0.828. The van der Waals surface area contributed by atoms with E-state index in [1.54, 1.807) is 0 Å². The smallest absolute Gasteiger partial charge is 0.223 e. The molecular weight excluding hydrogens is 310 g/mol. The van der Waals surface area contributed by atoms with E-state index in [9.17, 15) is 4.79 Å². The Kier molecular flexibility index (Phi) is 4.30. The number of pyridine rings is 1. The van der Waals surface area contributed by atoms with Crippen molar-refractivity contribution >= 4 is 16.9 Å². The molecule has 1 aliphatic heterocycles. The number of aryl methyl sites for hydroxylation is 1. The number of rotatable bonds is 1. The van der Waals surface area contributed by atoms with E-state index in [0.717, 1.165) is 24.3 Å². The number of fused-ring (bicyclic) bond motifs is 2. The van der Waals surface area contributed by atoms with Crippen LogP contribution in [0, 0.1) is 11.8 Å². The van der Waals surface area contributed by atoms with E-state index in [-0.39, 0.29) is 17.9 Å². The van der Waals surface area contributed by atoms with Crippen LogP contribution in [0.25, 0.3) is 11.0 Å². The molecule has 1 aliphatic carbocycles. The SMILES string of the molecule is CC(C)c1cc2ccc3nc2n1CCCCCC1CC1C(=O)NC3C. The van der Waals surface area contributed by atoms with E-state index < -0.39 is 0 Å². The molecule has 4 rings (SSSR count). The van der Waals surface area contributed by atoms with Gasteiger partial charge in [-0.15, -0.1) is 0 Å². The van der Waals surface area contributed by atoms with Crippen LogP contribution in [0.4, 0.5) is 0 Å². The van der Waals surface area contributed by atoms with Gasteiger partial charge in [0.05, 0.1) is 11.7 Å². The molecule has 0 aromatic carbocycles. The fourth-order valence-corrected chi connectivity index (χ4v) is 4.25. The van der Waals surface area contributed by atoms with E-state index >= 15 is 0 Å².